The van der Waals surface area contributed by atoms with E-state index in [1.54, 1.807) is 12.3 Å². The molecule has 0 atom stereocenters. The van der Waals surface area contributed by atoms with Gasteiger partial charge in [-0.05, 0) is 13.0 Å². The van der Waals surface area contributed by atoms with Crippen LogP contribution >= 0.6 is 0 Å². The molecular formula is C12H15NO2Si. The molecule has 0 saturated heterocycles. The van der Waals surface area contributed by atoms with Crippen LogP contribution in [-0.2, 0) is 0 Å². The molecular weight excluding hydrogens is 218 g/mol. The smallest absolute Gasteiger partial charge is 0.161 e. The Bertz CT molecular complexity index is 552. The number of carbonyl (C=O) groups is 1. The van der Waals surface area contributed by atoms with Gasteiger partial charge in [0.15, 0.2) is 11.4 Å². The number of hydrogen-bond donors (Lipinski definition) is 0. The molecule has 0 bridgehead atoms. The summed E-state index contributed by atoms with van der Waals surface area (Å²) in [4.78, 5) is 15.5. The summed E-state index contributed by atoms with van der Waals surface area (Å²) in [5.41, 5.74) is 2.15. The van der Waals surface area contributed by atoms with Crippen LogP contribution in [0.4, 0.5) is 0 Å². The van der Waals surface area contributed by atoms with Gasteiger partial charge in [0.05, 0.1) is 5.38 Å². The van der Waals surface area contributed by atoms with Crippen molar-refractivity contribution in [1.29, 1.82) is 0 Å². The van der Waals surface area contributed by atoms with E-state index in [2.05, 4.69) is 24.6 Å². The predicted molar refractivity (Wildman–Crippen MR) is 67.0 cm³/mol. The molecule has 3 nitrogen and oxygen atoms in total. The van der Waals surface area contributed by atoms with E-state index in [-0.39, 0.29) is 5.78 Å². The van der Waals surface area contributed by atoms with Gasteiger partial charge in [0, 0.05) is 17.8 Å². The van der Waals surface area contributed by atoms with E-state index in [0.717, 1.165) is 10.9 Å². The van der Waals surface area contributed by atoms with E-state index in [9.17, 15) is 4.79 Å². The van der Waals surface area contributed by atoms with Crippen LogP contribution in [0.3, 0.4) is 0 Å². The summed E-state index contributed by atoms with van der Waals surface area (Å²) in [5.74, 6) is 0.0142. The third kappa shape index (κ3) is 1.93. The predicted octanol–water partition coefficient (Wildman–Crippen LogP) is 2.58. The Morgan fingerprint density at radius 2 is 2.00 bits per heavy atom. The maximum atomic E-state index is 11.2. The highest BCUT2D eigenvalue weighted by molar-refractivity contribution is 6.87. The number of Topliss-reactive ketones (excluding diaryl/α,β-unsaturated/α-hetero) is 1. The SMILES string of the molecule is CC(=O)c1cnc2cc([Si](C)(C)C)oc2c1. The maximum absolute atomic E-state index is 11.2. The van der Waals surface area contributed by atoms with Gasteiger partial charge >= 0.3 is 0 Å². The van der Waals surface area contributed by atoms with Crippen molar-refractivity contribution < 1.29 is 9.21 Å². The number of ketones is 1. The summed E-state index contributed by atoms with van der Waals surface area (Å²) >= 11 is 0. The Hall–Kier alpha value is -1.42. The van der Waals surface area contributed by atoms with Gasteiger partial charge < -0.3 is 4.42 Å². The number of furan rings is 1. The lowest BCUT2D eigenvalue weighted by atomic mass is 10.2. The van der Waals surface area contributed by atoms with E-state index >= 15 is 0 Å². The van der Waals surface area contributed by atoms with Gasteiger partial charge in [-0.1, -0.05) is 19.6 Å². The average Bonchev–Trinajstić information content (AvgIpc) is 2.58. The Morgan fingerprint density at radius 1 is 1.31 bits per heavy atom. The molecule has 2 rings (SSSR count). The number of carbonyl (C=O) groups excluding carboxylic acids is 1. The molecule has 0 aromatic carbocycles. The van der Waals surface area contributed by atoms with Crippen LogP contribution < -0.4 is 5.38 Å². The fraction of sp³-hybridized carbons (Fsp3) is 0.333. The largest absolute Gasteiger partial charge is 0.465 e. The van der Waals surface area contributed by atoms with Crippen molar-refractivity contribution in [3.63, 3.8) is 0 Å². The second-order valence-corrected chi connectivity index (χ2v) is 10.0. The van der Waals surface area contributed by atoms with Crippen LogP contribution in [0.2, 0.25) is 19.6 Å². The molecule has 2 aromatic rings. The van der Waals surface area contributed by atoms with Crippen LogP contribution in [0.5, 0.6) is 0 Å². The van der Waals surface area contributed by atoms with Crippen molar-refractivity contribution >= 4 is 30.3 Å². The van der Waals surface area contributed by atoms with E-state index in [0.29, 0.717) is 11.1 Å². The molecule has 0 spiro atoms. The van der Waals surface area contributed by atoms with E-state index < -0.39 is 8.07 Å². The number of nitrogens with zero attached hydrogens (tertiary/aromatic N) is 1. The van der Waals surface area contributed by atoms with Gasteiger partial charge in [-0.15, -0.1) is 0 Å². The second-order valence-electron chi connectivity index (χ2n) is 5.02. The molecule has 0 radical (unpaired) electrons. The minimum absolute atomic E-state index is 0.0142. The quantitative estimate of drug-likeness (QED) is 0.591. The minimum Gasteiger partial charge on any atom is -0.465 e. The molecule has 2 heterocycles. The zero-order valence-electron chi connectivity index (χ0n) is 10.00. The van der Waals surface area contributed by atoms with Gasteiger partial charge in [-0.2, -0.15) is 0 Å². The molecule has 0 fully saturated rings. The van der Waals surface area contributed by atoms with Crippen LogP contribution in [0.15, 0.2) is 22.7 Å². The average molecular weight is 233 g/mol. The zero-order chi connectivity index (χ0) is 11.9. The van der Waals surface area contributed by atoms with Gasteiger partial charge in [0.1, 0.15) is 13.6 Å². The van der Waals surface area contributed by atoms with E-state index in [1.165, 1.54) is 6.92 Å². The highest BCUT2D eigenvalue weighted by Crippen LogP contribution is 2.16. The first-order chi connectivity index (χ1) is 7.38. The standard InChI is InChI=1S/C12H15NO2Si/c1-8(14)9-5-11-10(13-7-9)6-12(15-11)16(2,3)4/h5-7H,1-4H3. The zero-order valence-corrected chi connectivity index (χ0v) is 11.0. The molecule has 0 aliphatic rings. The molecule has 0 aliphatic heterocycles. The summed E-state index contributed by atoms with van der Waals surface area (Å²) in [6.45, 7) is 8.19. The number of pyridine rings is 1. The van der Waals surface area contributed by atoms with Crippen LogP contribution in [0.1, 0.15) is 17.3 Å². The number of fused-ring (bicyclic) bond motifs is 1. The summed E-state index contributed by atoms with van der Waals surface area (Å²) in [5, 5.41) is 1.02. The van der Waals surface area contributed by atoms with Crippen molar-refractivity contribution in [2.75, 3.05) is 0 Å². The van der Waals surface area contributed by atoms with E-state index in [1.807, 2.05) is 6.07 Å². The molecule has 0 unspecified atom stereocenters. The first-order valence-corrected chi connectivity index (χ1v) is 8.79. The molecule has 4 heteroatoms. The third-order valence-electron chi connectivity index (χ3n) is 2.52. The number of hydrogen-bond acceptors (Lipinski definition) is 3. The molecule has 2 aromatic heterocycles. The summed E-state index contributed by atoms with van der Waals surface area (Å²) < 4.78 is 5.77. The highest BCUT2D eigenvalue weighted by Gasteiger charge is 2.22. The summed E-state index contributed by atoms with van der Waals surface area (Å²) in [7, 11) is -1.45. The molecule has 0 amide bonds. The minimum atomic E-state index is -1.45. The second kappa shape index (κ2) is 3.56. The summed E-state index contributed by atoms with van der Waals surface area (Å²) in [6, 6.07) is 3.76. The number of rotatable bonds is 2. The van der Waals surface area contributed by atoms with Crippen LogP contribution in [0, 0.1) is 0 Å². The molecule has 0 saturated carbocycles. The monoisotopic (exact) mass is 233 g/mol. The fourth-order valence-electron chi connectivity index (χ4n) is 1.48. The van der Waals surface area contributed by atoms with Gasteiger partial charge in [-0.25, -0.2) is 0 Å². The van der Waals surface area contributed by atoms with Crippen molar-refractivity contribution in [2.45, 2.75) is 26.6 Å². The van der Waals surface area contributed by atoms with Crippen molar-refractivity contribution in [1.82, 2.24) is 4.98 Å². The first kappa shape index (κ1) is 11.1. The Kier molecular flexibility index (Phi) is 2.46. The topological polar surface area (TPSA) is 43.1 Å². The number of aromatic nitrogens is 1. The normalized spacial score (nSPS) is 12.0. The van der Waals surface area contributed by atoms with Crippen LogP contribution in [0.25, 0.3) is 11.1 Å². The fourth-order valence-corrected chi connectivity index (χ4v) is 2.47. The van der Waals surface area contributed by atoms with Gasteiger partial charge in [0.2, 0.25) is 0 Å². The molecule has 0 N–H and O–H groups in total. The lowest BCUT2D eigenvalue weighted by Gasteiger charge is -2.10. The Morgan fingerprint density at radius 3 is 2.56 bits per heavy atom. The van der Waals surface area contributed by atoms with Crippen molar-refractivity contribution in [3.05, 3.63) is 23.9 Å². The third-order valence-corrected chi connectivity index (χ3v) is 4.24. The molecule has 16 heavy (non-hydrogen) atoms. The maximum Gasteiger partial charge on any atom is 0.161 e. The Balaban J connectivity index is 2.59. The summed E-state index contributed by atoms with van der Waals surface area (Å²) in [6.07, 6.45) is 1.61. The lowest BCUT2D eigenvalue weighted by Crippen LogP contribution is -2.36. The lowest BCUT2D eigenvalue weighted by molar-refractivity contribution is 0.101. The van der Waals surface area contributed by atoms with Gasteiger partial charge in [-0.3, -0.25) is 9.78 Å². The molecule has 84 valence electrons. The van der Waals surface area contributed by atoms with Crippen molar-refractivity contribution in [3.8, 4) is 0 Å². The highest BCUT2D eigenvalue weighted by atomic mass is 28.3. The molecule has 0 aliphatic carbocycles. The van der Waals surface area contributed by atoms with E-state index in [4.69, 9.17) is 4.42 Å². The Labute approximate surface area is 95.5 Å². The van der Waals surface area contributed by atoms with Crippen molar-refractivity contribution in [2.24, 2.45) is 0 Å². The first-order valence-electron chi connectivity index (χ1n) is 5.29. The van der Waals surface area contributed by atoms with Crippen LogP contribution in [-0.4, -0.2) is 18.8 Å². The van der Waals surface area contributed by atoms with Gasteiger partial charge in [0.25, 0.3) is 0 Å².